The van der Waals surface area contributed by atoms with E-state index >= 15 is 0 Å². The molecule has 2 atom stereocenters. The van der Waals surface area contributed by atoms with Crippen LogP contribution < -0.4 is 10.1 Å². The number of methoxy groups -OCH3 is 1. The summed E-state index contributed by atoms with van der Waals surface area (Å²) in [6.07, 6.45) is 5.64. The molecule has 1 N–H and O–H groups in total. The Kier molecular flexibility index (Phi) is 5.03. The molecule has 2 aromatic rings. The first-order valence-corrected chi connectivity index (χ1v) is 8.36. The summed E-state index contributed by atoms with van der Waals surface area (Å²) in [5, 5.41) is 7.26. The maximum atomic E-state index is 12.7. The molecule has 1 aliphatic rings. The van der Waals surface area contributed by atoms with Gasteiger partial charge in [-0.25, -0.2) is 4.79 Å². The highest BCUT2D eigenvalue weighted by Gasteiger charge is 2.30. The first-order valence-electron chi connectivity index (χ1n) is 8.36. The van der Waals surface area contributed by atoms with E-state index in [0.29, 0.717) is 6.54 Å². The van der Waals surface area contributed by atoms with Crippen LogP contribution in [0, 0.1) is 0 Å². The molecule has 0 bridgehead atoms. The topological polar surface area (TPSA) is 59.4 Å². The average molecular weight is 328 g/mol. The predicted molar refractivity (Wildman–Crippen MR) is 91.9 cm³/mol. The van der Waals surface area contributed by atoms with Gasteiger partial charge in [0.1, 0.15) is 5.75 Å². The van der Waals surface area contributed by atoms with Crippen LogP contribution in [0.25, 0.3) is 0 Å². The molecule has 1 fully saturated rings. The Labute approximate surface area is 142 Å². The highest BCUT2D eigenvalue weighted by molar-refractivity contribution is 5.75. The van der Waals surface area contributed by atoms with Gasteiger partial charge in [-0.15, -0.1) is 0 Å². The zero-order valence-electron chi connectivity index (χ0n) is 14.2. The van der Waals surface area contributed by atoms with E-state index in [0.717, 1.165) is 30.7 Å². The molecule has 1 saturated heterocycles. The Bertz CT molecular complexity index is 671. The molecule has 1 aliphatic heterocycles. The van der Waals surface area contributed by atoms with Crippen molar-refractivity contribution in [2.24, 2.45) is 0 Å². The fourth-order valence-electron chi connectivity index (χ4n) is 3.23. The third-order valence-corrected chi connectivity index (χ3v) is 4.38. The number of carbonyl (C=O) groups is 1. The van der Waals surface area contributed by atoms with Gasteiger partial charge in [0, 0.05) is 25.0 Å². The maximum Gasteiger partial charge on any atom is 0.318 e. The van der Waals surface area contributed by atoms with Gasteiger partial charge in [-0.05, 0) is 43.5 Å². The van der Waals surface area contributed by atoms with E-state index in [-0.39, 0.29) is 18.1 Å². The highest BCUT2D eigenvalue weighted by atomic mass is 16.5. The van der Waals surface area contributed by atoms with E-state index in [2.05, 4.69) is 16.5 Å². The van der Waals surface area contributed by atoms with Crippen molar-refractivity contribution in [2.45, 2.75) is 38.4 Å². The molecule has 0 aliphatic carbocycles. The summed E-state index contributed by atoms with van der Waals surface area (Å²) >= 11 is 0. The quantitative estimate of drug-likeness (QED) is 0.918. The number of hydrogen-bond acceptors (Lipinski definition) is 3. The molecule has 0 spiro atoms. The monoisotopic (exact) mass is 328 g/mol. The van der Waals surface area contributed by atoms with Crippen molar-refractivity contribution in [3.63, 3.8) is 0 Å². The maximum absolute atomic E-state index is 12.7. The number of carbonyl (C=O) groups excluding carboxylic acids is 1. The number of aromatic nitrogens is 2. The molecule has 1 aromatic carbocycles. The lowest BCUT2D eigenvalue weighted by atomic mass is 10.0. The minimum absolute atomic E-state index is 0.0139. The second kappa shape index (κ2) is 7.38. The third-order valence-electron chi connectivity index (χ3n) is 4.38. The SMILES string of the molecule is COc1cccc([C@H]2CCCN2C(=O)N[C@H](C)Cn2cccn2)c1. The van der Waals surface area contributed by atoms with Crippen LogP contribution in [0.2, 0.25) is 0 Å². The van der Waals surface area contributed by atoms with Gasteiger partial charge in [0.05, 0.1) is 19.7 Å². The van der Waals surface area contributed by atoms with Crippen molar-refractivity contribution in [3.8, 4) is 5.75 Å². The first-order chi connectivity index (χ1) is 11.7. The van der Waals surface area contributed by atoms with Gasteiger partial charge in [0.15, 0.2) is 0 Å². The van der Waals surface area contributed by atoms with Crippen LogP contribution in [0.5, 0.6) is 5.75 Å². The second-order valence-electron chi connectivity index (χ2n) is 6.21. The zero-order chi connectivity index (χ0) is 16.9. The van der Waals surface area contributed by atoms with Gasteiger partial charge in [0.2, 0.25) is 0 Å². The number of hydrogen-bond donors (Lipinski definition) is 1. The molecular weight excluding hydrogens is 304 g/mol. The summed E-state index contributed by atoms with van der Waals surface area (Å²) in [7, 11) is 1.66. The van der Waals surface area contributed by atoms with Gasteiger partial charge in [-0.2, -0.15) is 5.10 Å². The van der Waals surface area contributed by atoms with E-state index in [4.69, 9.17) is 4.74 Å². The van der Waals surface area contributed by atoms with E-state index in [1.807, 2.05) is 47.0 Å². The number of amides is 2. The van der Waals surface area contributed by atoms with Gasteiger partial charge >= 0.3 is 6.03 Å². The van der Waals surface area contributed by atoms with Gasteiger partial charge in [0.25, 0.3) is 0 Å². The fraction of sp³-hybridized carbons (Fsp3) is 0.444. The largest absolute Gasteiger partial charge is 0.497 e. The van der Waals surface area contributed by atoms with E-state index < -0.39 is 0 Å². The molecule has 1 aromatic heterocycles. The number of nitrogens with one attached hydrogen (secondary N) is 1. The third kappa shape index (κ3) is 3.69. The summed E-state index contributed by atoms with van der Waals surface area (Å²) in [5.41, 5.74) is 1.13. The van der Waals surface area contributed by atoms with Crippen LogP contribution >= 0.6 is 0 Å². The lowest BCUT2D eigenvalue weighted by Gasteiger charge is -2.27. The van der Waals surface area contributed by atoms with Crippen molar-refractivity contribution in [1.29, 1.82) is 0 Å². The Morgan fingerprint density at radius 3 is 3.08 bits per heavy atom. The van der Waals surface area contributed by atoms with Crippen LogP contribution in [-0.2, 0) is 6.54 Å². The Morgan fingerprint density at radius 2 is 2.33 bits per heavy atom. The summed E-state index contributed by atoms with van der Waals surface area (Å²) in [4.78, 5) is 14.6. The predicted octanol–water partition coefficient (Wildman–Crippen LogP) is 2.83. The van der Waals surface area contributed by atoms with Crippen LogP contribution in [-0.4, -0.2) is 40.4 Å². The number of nitrogens with zero attached hydrogens (tertiary/aromatic N) is 3. The second-order valence-corrected chi connectivity index (χ2v) is 6.21. The number of ether oxygens (including phenoxy) is 1. The molecule has 2 heterocycles. The van der Waals surface area contributed by atoms with Crippen molar-refractivity contribution < 1.29 is 9.53 Å². The number of rotatable bonds is 5. The smallest absolute Gasteiger partial charge is 0.318 e. The summed E-state index contributed by atoms with van der Waals surface area (Å²) in [5.74, 6) is 0.826. The molecule has 0 radical (unpaired) electrons. The number of benzene rings is 1. The Hall–Kier alpha value is -2.50. The number of urea groups is 1. The molecule has 2 amide bonds. The molecule has 3 rings (SSSR count). The van der Waals surface area contributed by atoms with Gasteiger partial charge < -0.3 is 15.0 Å². The zero-order valence-corrected chi connectivity index (χ0v) is 14.2. The molecule has 0 unspecified atom stereocenters. The lowest BCUT2D eigenvalue weighted by molar-refractivity contribution is 0.188. The molecule has 128 valence electrons. The van der Waals surface area contributed by atoms with Crippen LogP contribution in [0.4, 0.5) is 4.79 Å². The first kappa shape index (κ1) is 16.4. The molecular formula is C18H24N4O2. The Morgan fingerprint density at radius 1 is 1.46 bits per heavy atom. The molecule has 6 heteroatoms. The van der Waals surface area contributed by atoms with Crippen LogP contribution in [0.3, 0.4) is 0 Å². The summed E-state index contributed by atoms with van der Waals surface area (Å²) in [6.45, 7) is 3.44. The Balaban J connectivity index is 1.64. The number of likely N-dealkylation sites (tertiary alicyclic amines) is 1. The fourth-order valence-corrected chi connectivity index (χ4v) is 3.23. The molecule has 24 heavy (non-hydrogen) atoms. The van der Waals surface area contributed by atoms with Crippen molar-refractivity contribution >= 4 is 6.03 Å². The van der Waals surface area contributed by atoms with Crippen molar-refractivity contribution in [2.75, 3.05) is 13.7 Å². The highest BCUT2D eigenvalue weighted by Crippen LogP contribution is 2.33. The van der Waals surface area contributed by atoms with Crippen molar-refractivity contribution in [1.82, 2.24) is 20.0 Å². The van der Waals surface area contributed by atoms with Crippen molar-refractivity contribution in [3.05, 3.63) is 48.3 Å². The minimum atomic E-state index is -0.0139. The van der Waals surface area contributed by atoms with Crippen LogP contribution in [0.15, 0.2) is 42.7 Å². The normalized spacial score (nSPS) is 18.4. The molecule has 6 nitrogen and oxygen atoms in total. The summed E-state index contributed by atoms with van der Waals surface area (Å²) < 4.78 is 7.13. The van der Waals surface area contributed by atoms with Gasteiger partial charge in [-0.1, -0.05) is 12.1 Å². The minimum Gasteiger partial charge on any atom is -0.497 e. The van der Waals surface area contributed by atoms with E-state index in [9.17, 15) is 4.79 Å². The molecule has 0 saturated carbocycles. The lowest BCUT2D eigenvalue weighted by Crippen LogP contribution is -2.44. The standard InChI is InChI=1S/C18H24N4O2/c1-14(13-21-10-5-9-19-21)20-18(23)22-11-4-8-17(22)15-6-3-7-16(12-15)24-2/h3,5-7,9-10,12,14,17H,4,8,11,13H2,1-2H3,(H,20,23)/t14-,17-/m1/s1. The van der Waals surface area contributed by atoms with E-state index in [1.54, 1.807) is 13.3 Å². The summed E-state index contributed by atoms with van der Waals surface area (Å²) in [6, 6.07) is 9.97. The van der Waals surface area contributed by atoms with Crippen LogP contribution in [0.1, 0.15) is 31.4 Å². The van der Waals surface area contributed by atoms with Gasteiger partial charge in [-0.3, -0.25) is 4.68 Å². The average Bonchev–Trinajstić information content (AvgIpc) is 3.26. The van der Waals surface area contributed by atoms with E-state index in [1.165, 1.54) is 0 Å².